The fourth-order valence-corrected chi connectivity index (χ4v) is 3.62. The van der Waals surface area contributed by atoms with Gasteiger partial charge in [-0.3, -0.25) is 9.48 Å². The van der Waals surface area contributed by atoms with Crippen LogP contribution in [0.1, 0.15) is 24.2 Å². The van der Waals surface area contributed by atoms with Crippen molar-refractivity contribution in [1.82, 2.24) is 14.7 Å². The molecule has 0 aliphatic carbocycles. The average molecular weight is 371 g/mol. The first kappa shape index (κ1) is 17.9. The number of aryl methyl sites for hydroxylation is 2. The van der Waals surface area contributed by atoms with E-state index in [1.165, 1.54) is 0 Å². The normalized spacial score (nSPS) is 21.3. The molecule has 0 unspecified atom stereocenters. The number of nitrogens with zero attached hydrogens (tertiary/aromatic N) is 3. The van der Waals surface area contributed by atoms with Crippen molar-refractivity contribution in [3.05, 3.63) is 41.7 Å². The average Bonchev–Trinajstić information content (AvgIpc) is 3.30. The molecular weight excluding hydrogens is 346 g/mol. The van der Waals surface area contributed by atoms with Gasteiger partial charge in [0.2, 0.25) is 0 Å². The van der Waals surface area contributed by atoms with Crippen molar-refractivity contribution >= 4 is 5.91 Å². The van der Waals surface area contributed by atoms with Crippen LogP contribution in [0.25, 0.3) is 0 Å². The molecular formula is C20H25N3O4. The molecule has 2 aliphatic heterocycles. The first-order valence-electron chi connectivity index (χ1n) is 9.38. The van der Waals surface area contributed by atoms with Gasteiger partial charge in [0.1, 0.15) is 12.7 Å². The van der Waals surface area contributed by atoms with Crippen LogP contribution < -0.4 is 9.47 Å². The summed E-state index contributed by atoms with van der Waals surface area (Å²) in [7, 11) is 1.90. The van der Waals surface area contributed by atoms with Crippen molar-refractivity contribution in [3.8, 4) is 11.5 Å². The number of benzene rings is 1. The number of para-hydroxylation sites is 2. The van der Waals surface area contributed by atoms with Crippen LogP contribution in [0.3, 0.4) is 0 Å². The molecule has 1 aromatic heterocycles. The molecule has 0 radical (unpaired) electrons. The standard InChI is InChI=1S/C20H25N3O4/c1-14-10-15(22(2)21-14)11-23(20(24)19-8-5-9-25-19)12-16-13-26-17-6-3-4-7-18(17)27-16/h3-4,6-7,10,16,19H,5,8-9,11-13H2,1-2H3/t16-,19+/m0/s1. The SMILES string of the molecule is Cc1cc(CN(C[C@H]2COc3ccccc3O2)C(=O)[C@H]2CCCO2)n(C)n1. The molecule has 0 saturated carbocycles. The van der Waals surface area contributed by atoms with Crippen molar-refractivity contribution in [1.29, 1.82) is 0 Å². The second-order valence-corrected chi connectivity index (χ2v) is 7.12. The highest BCUT2D eigenvalue weighted by Crippen LogP contribution is 2.31. The summed E-state index contributed by atoms with van der Waals surface area (Å²) in [5, 5.41) is 4.39. The lowest BCUT2D eigenvalue weighted by atomic mass is 10.2. The van der Waals surface area contributed by atoms with Crippen LogP contribution in [0.5, 0.6) is 11.5 Å². The Labute approximate surface area is 158 Å². The third kappa shape index (κ3) is 3.93. The summed E-state index contributed by atoms with van der Waals surface area (Å²) in [6.07, 6.45) is 1.10. The van der Waals surface area contributed by atoms with Gasteiger partial charge in [-0.25, -0.2) is 0 Å². The second-order valence-electron chi connectivity index (χ2n) is 7.12. The van der Waals surface area contributed by atoms with E-state index in [1.54, 1.807) is 0 Å². The third-order valence-electron chi connectivity index (χ3n) is 4.96. The topological polar surface area (TPSA) is 65.8 Å². The van der Waals surface area contributed by atoms with Gasteiger partial charge in [0.25, 0.3) is 5.91 Å². The van der Waals surface area contributed by atoms with Crippen LogP contribution in [-0.2, 0) is 23.1 Å². The van der Waals surface area contributed by atoms with Gasteiger partial charge in [0.05, 0.1) is 24.5 Å². The highest BCUT2D eigenvalue weighted by atomic mass is 16.6. The lowest BCUT2D eigenvalue weighted by Crippen LogP contribution is -2.46. The number of carbonyl (C=O) groups is 1. The zero-order valence-electron chi connectivity index (χ0n) is 15.8. The third-order valence-corrected chi connectivity index (χ3v) is 4.96. The highest BCUT2D eigenvalue weighted by molar-refractivity contribution is 5.81. The lowest BCUT2D eigenvalue weighted by molar-refractivity contribution is -0.143. The molecule has 0 spiro atoms. The maximum Gasteiger partial charge on any atom is 0.252 e. The van der Waals surface area contributed by atoms with Gasteiger partial charge < -0.3 is 19.1 Å². The molecule has 1 fully saturated rings. The van der Waals surface area contributed by atoms with Gasteiger partial charge in [-0.15, -0.1) is 0 Å². The Morgan fingerprint density at radius 1 is 1.33 bits per heavy atom. The molecule has 1 amide bonds. The van der Waals surface area contributed by atoms with Gasteiger partial charge >= 0.3 is 0 Å². The van der Waals surface area contributed by atoms with Gasteiger partial charge in [-0.05, 0) is 38.0 Å². The molecule has 1 aromatic carbocycles. The van der Waals surface area contributed by atoms with Crippen LogP contribution in [0.4, 0.5) is 0 Å². The number of carbonyl (C=O) groups excluding carboxylic acids is 1. The minimum Gasteiger partial charge on any atom is -0.486 e. The van der Waals surface area contributed by atoms with Gasteiger partial charge in [0.15, 0.2) is 17.6 Å². The molecule has 2 aliphatic rings. The first-order valence-corrected chi connectivity index (χ1v) is 9.38. The molecule has 0 N–H and O–H groups in total. The van der Waals surface area contributed by atoms with Crippen molar-refractivity contribution in [3.63, 3.8) is 0 Å². The molecule has 27 heavy (non-hydrogen) atoms. The molecule has 0 bridgehead atoms. The molecule has 7 heteroatoms. The summed E-state index contributed by atoms with van der Waals surface area (Å²) < 4.78 is 19.3. The molecule has 3 heterocycles. The van der Waals surface area contributed by atoms with Gasteiger partial charge in [-0.2, -0.15) is 5.10 Å². The zero-order chi connectivity index (χ0) is 18.8. The monoisotopic (exact) mass is 371 g/mol. The number of amides is 1. The predicted octanol–water partition coefficient (Wildman–Crippen LogP) is 2.08. The van der Waals surface area contributed by atoms with Crippen LogP contribution in [0.2, 0.25) is 0 Å². The molecule has 2 atom stereocenters. The Morgan fingerprint density at radius 3 is 2.85 bits per heavy atom. The summed E-state index contributed by atoms with van der Waals surface area (Å²) in [4.78, 5) is 14.9. The second kappa shape index (κ2) is 7.60. The van der Waals surface area contributed by atoms with E-state index in [0.29, 0.717) is 26.3 Å². The minimum atomic E-state index is -0.365. The Kier molecular flexibility index (Phi) is 5.03. The Morgan fingerprint density at radius 2 is 2.15 bits per heavy atom. The fraction of sp³-hybridized carbons (Fsp3) is 0.500. The summed E-state index contributed by atoms with van der Waals surface area (Å²) in [6.45, 7) is 3.92. The maximum absolute atomic E-state index is 13.1. The van der Waals surface area contributed by atoms with Crippen LogP contribution in [-0.4, -0.2) is 52.6 Å². The van der Waals surface area contributed by atoms with Crippen molar-refractivity contribution in [2.75, 3.05) is 19.8 Å². The number of fused-ring (bicyclic) bond motifs is 1. The molecule has 7 nitrogen and oxygen atoms in total. The molecule has 2 aromatic rings. The van der Waals surface area contributed by atoms with E-state index >= 15 is 0 Å². The maximum atomic E-state index is 13.1. The van der Waals surface area contributed by atoms with Crippen LogP contribution in [0, 0.1) is 6.92 Å². The lowest BCUT2D eigenvalue weighted by Gasteiger charge is -2.32. The van der Waals surface area contributed by atoms with Crippen molar-refractivity contribution < 1.29 is 19.0 Å². The number of ether oxygens (including phenoxy) is 3. The van der Waals surface area contributed by atoms with Gasteiger partial charge in [-0.1, -0.05) is 12.1 Å². The van der Waals surface area contributed by atoms with Crippen LogP contribution >= 0.6 is 0 Å². The van der Waals surface area contributed by atoms with Gasteiger partial charge in [0, 0.05) is 13.7 Å². The first-order chi connectivity index (χ1) is 13.1. The molecule has 4 rings (SSSR count). The van der Waals surface area contributed by atoms with Crippen LogP contribution in [0.15, 0.2) is 30.3 Å². The Hall–Kier alpha value is -2.54. The number of hydrogen-bond donors (Lipinski definition) is 0. The van der Waals surface area contributed by atoms with E-state index in [4.69, 9.17) is 14.2 Å². The summed E-state index contributed by atoms with van der Waals surface area (Å²) in [5.41, 5.74) is 1.92. The number of hydrogen-bond acceptors (Lipinski definition) is 5. The summed E-state index contributed by atoms with van der Waals surface area (Å²) in [5.74, 6) is 1.47. The number of aromatic nitrogens is 2. The van der Waals surface area contributed by atoms with E-state index in [1.807, 2.05) is 53.9 Å². The Bertz CT molecular complexity index is 813. The van der Waals surface area contributed by atoms with E-state index in [2.05, 4.69) is 5.10 Å². The molecule has 144 valence electrons. The summed E-state index contributed by atoms with van der Waals surface area (Å²) in [6, 6.07) is 9.61. The van der Waals surface area contributed by atoms with E-state index in [9.17, 15) is 4.79 Å². The fourth-order valence-electron chi connectivity index (χ4n) is 3.62. The minimum absolute atomic E-state index is 0.00816. The predicted molar refractivity (Wildman–Crippen MR) is 98.7 cm³/mol. The quantitative estimate of drug-likeness (QED) is 0.805. The van der Waals surface area contributed by atoms with Crippen molar-refractivity contribution in [2.45, 2.75) is 38.5 Å². The van der Waals surface area contributed by atoms with E-state index in [0.717, 1.165) is 35.7 Å². The van der Waals surface area contributed by atoms with E-state index < -0.39 is 0 Å². The largest absolute Gasteiger partial charge is 0.486 e. The van der Waals surface area contributed by atoms with Crippen molar-refractivity contribution in [2.24, 2.45) is 7.05 Å². The Balaban J connectivity index is 1.51. The zero-order valence-corrected chi connectivity index (χ0v) is 15.8. The number of rotatable bonds is 5. The molecule has 1 saturated heterocycles. The highest BCUT2D eigenvalue weighted by Gasteiger charge is 2.32. The van der Waals surface area contributed by atoms with E-state index in [-0.39, 0.29) is 18.1 Å². The summed E-state index contributed by atoms with van der Waals surface area (Å²) >= 11 is 0. The smallest absolute Gasteiger partial charge is 0.252 e.